The van der Waals surface area contributed by atoms with E-state index in [2.05, 4.69) is 40.3 Å². The fraction of sp³-hybridized carbons (Fsp3) is 0.250. The molecule has 2 N–H and O–H groups in total. The highest BCUT2D eigenvalue weighted by molar-refractivity contribution is 9.10. The Balaban J connectivity index is 2.09. The zero-order valence-corrected chi connectivity index (χ0v) is 14.2. The number of hydrogen-bond donors (Lipinski definition) is 2. The molecule has 5 heteroatoms. The van der Waals surface area contributed by atoms with Gasteiger partial charge in [-0.05, 0) is 30.7 Å². The summed E-state index contributed by atoms with van der Waals surface area (Å²) in [5.41, 5.74) is 1.88. The molecule has 0 bridgehead atoms. The standard InChI is InChI=1S/C16H17BrClNO2/c1-10(11-3-5-13(17)6-4-11)19-9-12-7-14(18)8-15(21-2)16(12)20/h3-8,10,19-20H,9H2,1-2H3. The van der Waals surface area contributed by atoms with Gasteiger partial charge in [-0.25, -0.2) is 0 Å². The van der Waals surface area contributed by atoms with Crippen molar-refractivity contribution in [3.05, 3.63) is 57.0 Å². The lowest BCUT2D eigenvalue weighted by Gasteiger charge is -2.16. The smallest absolute Gasteiger partial charge is 0.162 e. The lowest BCUT2D eigenvalue weighted by Crippen LogP contribution is -2.18. The number of phenols is 1. The maximum absolute atomic E-state index is 10.1. The maximum Gasteiger partial charge on any atom is 0.162 e. The number of rotatable bonds is 5. The van der Waals surface area contributed by atoms with Gasteiger partial charge in [0.05, 0.1) is 7.11 Å². The fourth-order valence-corrected chi connectivity index (χ4v) is 2.55. The lowest BCUT2D eigenvalue weighted by atomic mass is 10.1. The summed E-state index contributed by atoms with van der Waals surface area (Å²) in [7, 11) is 1.51. The van der Waals surface area contributed by atoms with Crippen LogP contribution >= 0.6 is 27.5 Å². The Kier molecular flexibility index (Phi) is 5.51. The van der Waals surface area contributed by atoms with E-state index in [1.165, 1.54) is 12.7 Å². The minimum atomic E-state index is 0.123. The number of phenolic OH excluding ortho intramolecular Hbond substituents is 1. The maximum atomic E-state index is 10.1. The van der Waals surface area contributed by atoms with Crippen LogP contribution in [0.25, 0.3) is 0 Å². The van der Waals surface area contributed by atoms with Crippen molar-refractivity contribution in [1.82, 2.24) is 5.32 Å². The second kappa shape index (κ2) is 7.16. The van der Waals surface area contributed by atoms with Crippen LogP contribution in [0.15, 0.2) is 40.9 Å². The molecular formula is C16H17BrClNO2. The number of benzene rings is 2. The molecule has 2 rings (SSSR count). The number of halogens is 2. The highest BCUT2D eigenvalue weighted by Gasteiger charge is 2.11. The van der Waals surface area contributed by atoms with Crippen LogP contribution < -0.4 is 10.1 Å². The van der Waals surface area contributed by atoms with Gasteiger partial charge in [-0.1, -0.05) is 39.7 Å². The number of ether oxygens (including phenoxy) is 1. The van der Waals surface area contributed by atoms with Crippen molar-refractivity contribution in [3.8, 4) is 11.5 Å². The fourth-order valence-electron chi connectivity index (χ4n) is 2.05. The summed E-state index contributed by atoms with van der Waals surface area (Å²) in [6.45, 7) is 2.57. The molecule has 0 aliphatic heterocycles. The van der Waals surface area contributed by atoms with Gasteiger partial charge < -0.3 is 15.2 Å². The molecule has 0 saturated heterocycles. The van der Waals surface area contributed by atoms with E-state index in [1.807, 2.05) is 12.1 Å². The van der Waals surface area contributed by atoms with Crippen LogP contribution in [0.3, 0.4) is 0 Å². The molecule has 0 heterocycles. The molecule has 112 valence electrons. The topological polar surface area (TPSA) is 41.5 Å². The van der Waals surface area contributed by atoms with Crippen molar-refractivity contribution >= 4 is 27.5 Å². The molecule has 0 aliphatic rings. The molecule has 0 radical (unpaired) electrons. The molecule has 0 fully saturated rings. The third kappa shape index (κ3) is 4.13. The van der Waals surface area contributed by atoms with Gasteiger partial charge in [-0.3, -0.25) is 0 Å². The summed E-state index contributed by atoms with van der Waals surface area (Å²) in [5.74, 6) is 0.507. The molecule has 0 saturated carbocycles. The minimum Gasteiger partial charge on any atom is -0.504 e. The molecule has 21 heavy (non-hydrogen) atoms. The van der Waals surface area contributed by atoms with Gasteiger partial charge in [0.15, 0.2) is 11.5 Å². The predicted octanol–water partition coefficient (Wildman–Crippen LogP) is 4.67. The van der Waals surface area contributed by atoms with Crippen molar-refractivity contribution in [3.63, 3.8) is 0 Å². The number of methoxy groups -OCH3 is 1. The number of aromatic hydroxyl groups is 1. The Labute approximate surface area is 138 Å². The second-order valence-corrected chi connectivity index (χ2v) is 6.12. The first-order chi connectivity index (χ1) is 10.0. The first-order valence-corrected chi connectivity index (χ1v) is 7.72. The molecule has 3 nitrogen and oxygen atoms in total. The van der Waals surface area contributed by atoms with Crippen LogP contribution in [0.4, 0.5) is 0 Å². The molecule has 2 aromatic carbocycles. The first-order valence-electron chi connectivity index (χ1n) is 6.55. The van der Waals surface area contributed by atoms with Gasteiger partial charge in [-0.15, -0.1) is 0 Å². The van der Waals surface area contributed by atoms with Crippen LogP contribution in [0.1, 0.15) is 24.1 Å². The molecular weight excluding hydrogens is 354 g/mol. The van der Waals surface area contributed by atoms with Gasteiger partial charge in [-0.2, -0.15) is 0 Å². The summed E-state index contributed by atoms with van der Waals surface area (Å²) in [6.07, 6.45) is 0. The Bertz CT molecular complexity index is 616. The number of hydrogen-bond acceptors (Lipinski definition) is 3. The SMILES string of the molecule is COc1cc(Cl)cc(CNC(C)c2ccc(Br)cc2)c1O. The van der Waals surface area contributed by atoms with E-state index < -0.39 is 0 Å². The van der Waals surface area contributed by atoms with Crippen molar-refractivity contribution in [1.29, 1.82) is 0 Å². The van der Waals surface area contributed by atoms with E-state index >= 15 is 0 Å². The average Bonchev–Trinajstić information content (AvgIpc) is 2.48. The average molecular weight is 371 g/mol. The van der Waals surface area contributed by atoms with Crippen LogP contribution in [-0.4, -0.2) is 12.2 Å². The largest absolute Gasteiger partial charge is 0.504 e. The minimum absolute atomic E-state index is 0.123. The van der Waals surface area contributed by atoms with Gasteiger partial charge >= 0.3 is 0 Å². The summed E-state index contributed by atoms with van der Waals surface area (Å²) in [5, 5.41) is 14.0. The molecule has 0 spiro atoms. The highest BCUT2D eigenvalue weighted by Crippen LogP contribution is 2.33. The normalized spacial score (nSPS) is 12.2. The van der Waals surface area contributed by atoms with E-state index in [9.17, 15) is 5.11 Å². The lowest BCUT2D eigenvalue weighted by molar-refractivity contribution is 0.369. The summed E-state index contributed by atoms with van der Waals surface area (Å²) in [6, 6.07) is 11.6. The van der Waals surface area contributed by atoms with Gasteiger partial charge in [0.1, 0.15) is 0 Å². The van der Waals surface area contributed by atoms with Crippen LogP contribution in [0.5, 0.6) is 11.5 Å². The summed E-state index contributed by atoms with van der Waals surface area (Å²) in [4.78, 5) is 0. The van der Waals surface area contributed by atoms with Crippen molar-refractivity contribution < 1.29 is 9.84 Å². The molecule has 0 amide bonds. The Morgan fingerprint density at radius 3 is 2.57 bits per heavy atom. The Morgan fingerprint density at radius 2 is 1.95 bits per heavy atom. The molecule has 1 atom stereocenters. The monoisotopic (exact) mass is 369 g/mol. The van der Waals surface area contributed by atoms with Gasteiger partial charge in [0.25, 0.3) is 0 Å². The second-order valence-electron chi connectivity index (χ2n) is 4.77. The Morgan fingerprint density at radius 1 is 1.29 bits per heavy atom. The summed E-state index contributed by atoms with van der Waals surface area (Å²) >= 11 is 9.45. The molecule has 0 aromatic heterocycles. The van der Waals surface area contributed by atoms with Crippen LogP contribution in [-0.2, 0) is 6.54 Å². The third-order valence-corrected chi connectivity index (χ3v) is 4.05. The summed E-state index contributed by atoms with van der Waals surface area (Å²) < 4.78 is 6.16. The van der Waals surface area contributed by atoms with E-state index in [1.54, 1.807) is 12.1 Å². The van der Waals surface area contributed by atoms with E-state index in [0.717, 1.165) is 4.47 Å². The molecule has 2 aromatic rings. The van der Waals surface area contributed by atoms with Crippen LogP contribution in [0.2, 0.25) is 5.02 Å². The zero-order chi connectivity index (χ0) is 15.4. The quantitative estimate of drug-likeness (QED) is 0.804. The van der Waals surface area contributed by atoms with Crippen molar-refractivity contribution in [2.75, 3.05) is 7.11 Å². The predicted molar refractivity (Wildman–Crippen MR) is 89.1 cm³/mol. The van der Waals surface area contributed by atoms with Gasteiger partial charge in [0.2, 0.25) is 0 Å². The first kappa shape index (κ1) is 16.1. The van der Waals surface area contributed by atoms with E-state index in [4.69, 9.17) is 16.3 Å². The molecule has 1 unspecified atom stereocenters. The number of nitrogens with one attached hydrogen (secondary N) is 1. The van der Waals surface area contributed by atoms with E-state index in [-0.39, 0.29) is 11.8 Å². The van der Waals surface area contributed by atoms with Gasteiger partial charge in [0, 0.05) is 33.7 Å². The van der Waals surface area contributed by atoms with E-state index in [0.29, 0.717) is 22.9 Å². The van der Waals surface area contributed by atoms with Crippen molar-refractivity contribution in [2.45, 2.75) is 19.5 Å². The van der Waals surface area contributed by atoms with Crippen LogP contribution in [0, 0.1) is 0 Å². The van der Waals surface area contributed by atoms with Crippen molar-refractivity contribution in [2.24, 2.45) is 0 Å². The third-order valence-electron chi connectivity index (χ3n) is 3.31. The molecule has 0 aliphatic carbocycles. The Hall–Kier alpha value is -1.23. The highest BCUT2D eigenvalue weighted by atomic mass is 79.9. The zero-order valence-electron chi connectivity index (χ0n) is 11.9.